The Hall–Kier alpha value is -2.27. The number of amides is 2. The number of fused-ring (bicyclic) bond motifs is 2. The molecule has 4 rings (SSSR count). The molecule has 2 aliphatic rings. The molecule has 0 saturated heterocycles. The Morgan fingerprint density at radius 1 is 1.21 bits per heavy atom. The van der Waals surface area contributed by atoms with Crippen LogP contribution in [0.1, 0.15) is 28.4 Å². The monoisotopic (exact) mass is 338 g/mol. The number of hydrogen-bond acceptors (Lipinski definition) is 3. The summed E-state index contributed by atoms with van der Waals surface area (Å²) in [6.07, 6.45) is 0.886. The smallest absolute Gasteiger partial charge is 0.254 e. The molecule has 122 valence electrons. The van der Waals surface area contributed by atoms with Gasteiger partial charge in [-0.15, -0.1) is 11.8 Å². The van der Waals surface area contributed by atoms with Gasteiger partial charge in [0, 0.05) is 23.5 Å². The molecule has 0 radical (unpaired) electrons. The van der Waals surface area contributed by atoms with Gasteiger partial charge in [-0.1, -0.05) is 24.3 Å². The normalized spacial score (nSPS) is 19.3. The molecule has 4 nitrogen and oxygen atoms in total. The predicted octanol–water partition coefficient (Wildman–Crippen LogP) is 3.32. The van der Waals surface area contributed by atoms with Crippen LogP contribution in [-0.2, 0) is 17.8 Å². The van der Waals surface area contributed by atoms with E-state index in [9.17, 15) is 9.59 Å². The van der Waals surface area contributed by atoms with Crippen LogP contribution in [-0.4, -0.2) is 28.5 Å². The van der Waals surface area contributed by atoms with Crippen LogP contribution in [0.25, 0.3) is 0 Å². The summed E-state index contributed by atoms with van der Waals surface area (Å²) < 4.78 is 0. The summed E-state index contributed by atoms with van der Waals surface area (Å²) >= 11 is 1.53. The van der Waals surface area contributed by atoms with Crippen molar-refractivity contribution in [2.24, 2.45) is 0 Å². The largest absolute Gasteiger partial charge is 0.334 e. The highest BCUT2D eigenvalue weighted by Crippen LogP contribution is 2.36. The van der Waals surface area contributed by atoms with Gasteiger partial charge in [-0.25, -0.2) is 0 Å². The number of rotatable bonds is 1. The molecule has 2 aromatic rings. The summed E-state index contributed by atoms with van der Waals surface area (Å²) in [5, 5.41) is 2.79. The molecule has 2 aromatic carbocycles. The van der Waals surface area contributed by atoms with E-state index in [1.54, 1.807) is 6.07 Å². The van der Waals surface area contributed by atoms with Crippen LogP contribution in [0.2, 0.25) is 0 Å². The lowest BCUT2D eigenvalue weighted by molar-refractivity contribution is -0.115. The number of hydrogen-bond donors (Lipinski definition) is 1. The third-order valence-electron chi connectivity index (χ3n) is 4.58. The standard InChI is InChI=1S/C19H18N2O2S/c1-12-18(22)20-16-10-14(6-7-17(16)24-12)19(23)21-9-8-13-4-2-3-5-15(13)11-21/h2-7,10,12H,8-9,11H2,1H3,(H,20,22). The van der Waals surface area contributed by atoms with Crippen molar-refractivity contribution in [1.82, 2.24) is 4.90 Å². The fraction of sp³-hybridized carbons (Fsp3) is 0.263. The first-order chi connectivity index (χ1) is 11.6. The van der Waals surface area contributed by atoms with Gasteiger partial charge in [0.05, 0.1) is 10.9 Å². The van der Waals surface area contributed by atoms with Gasteiger partial charge in [0.2, 0.25) is 5.91 Å². The molecule has 0 aromatic heterocycles. The van der Waals surface area contributed by atoms with Crippen LogP contribution in [0.5, 0.6) is 0 Å². The van der Waals surface area contributed by atoms with E-state index in [-0.39, 0.29) is 17.1 Å². The Morgan fingerprint density at radius 2 is 2.00 bits per heavy atom. The number of carbonyl (C=O) groups excluding carboxylic acids is 2. The van der Waals surface area contributed by atoms with Gasteiger partial charge in [-0.05, 0) is 42.7 Å². The van der Waals surface area contributed by atoms with Crippen LogP contribution < -0.4 is 5.32 Å². The maximum Gasteiger partial charge on any atom is 0.254 e. The lowest BCUT2D eigenvalue weighted by Gasteiger charge is -2.29. The topological polar surface area (TPSA) is 49.4 Å². The Kier molecular flexibility index (Phi) is 3.81. The average Bonchev–Trinajstić information content (AvgIpc) is 2.61. The second kappa shape index (κ2) is 5.98. The van der Waals surface area contributed by atoms with Crippen molar-refractivity contribution in [3.63, 3.8) is 0 Å². The zero-order valence-corrected chi connectivity index (χ0v) is 14.2. The number of nitrogens with zero attached hydrogens (tertiary/aromatic N) is 1. The van der Waals surface area contributed by atoms with Gasteiger partial charge in [-0.3, -0.25) is 9.59 Å². The number of nitrogens with one attached hydrogen (secondary N) is 1. The molecule has 1 unspecified atom stereocenters. The fourth-order valence-corrected chi connectivity index (χ4v) is 4.12. The molecule has 0 fully saturated rings. The molecular formula is C19H18N2O2S. The van der Waals surface area contributed by atoms with Gasteiger partial charge in [0.25, 0.3) is 5.91 Å². The molecule has 0 spiro atoms. The van der Waals surface area contributed by atoms with Crippen molar-refractivity contribution in [2.75, 3.05) is 11.9 Å². The highest BCUT2D eigenvalue weighted by Gasteiger charge is 2.26. The lowest BCUT2D eigenvalue weighted by atomic mass is 9.99. The summed E-state index contributed by atoms with van der Waals surface area (Å²) in [5.41, 5.74) is 3.91. The SMILES string of the molecule is CC1Sc2ccc(C(=O)N3CCc4ccccc4C3)cc2NC1=O. The molecule has 1 N–H and O–H groups in total. The quantitative estimate of drug-likeness (QED) is 0.868. The molecule has 24 heavy (non-hydrogen) atoms. The van der Waals surface area contributed by atoms with E-state index < -0.39 is 0 Å². The first kappa shape index (κ1) is 15.3. The van der Waals surface area contributed by atoms with Crippen LogP contribution in [0.15, 0.2) is 47.4 Å². The van der Waals surface area contributed by atoms with Crippen molar-refractivity contribution in [1.29, 1.82) is 0 Å². The third-order valence-corrected chi connectivity index (χ3v) is 5.75. The van der Waals surface area contributed by atoms with Crippen molar-refractivity contribution in [2.45, 2.75) is 30.0 Å². The van der Waals surface area contributed by atoms with Crippen molar-refractivity contribution < 1.29 is 9.59 Å². The Morgan fingerprint density at radius 3 is 2.83 bits per heavy atom. The Labute approximate surface area is 145 Å². The molecule has 2 aliphatic heterocycles. The zero-order valence-electron chi connectivity index (χ0n) is 13.4. The summed E-state index contributed by atoms with van der Waals surface area (Å²) in [6, 6.07) is 13.9. The molecule has 5 heteroatoms. The highest BCUT2D eigenvalue weighted by atomic mass is 32.2. The summed E-state index contributed by atoms with van der Waals surface area (Å²) in [5.74, 6) is 0.00849. The zero-order chi connectivity index (χ0) is 16.7. The molecule has 2 amide bonds. The lowest BCUT2D eigenvalue weighted by Crippen LogP contribution is -2.36. The summed E-state index contributed by atoms with van der Waals surface area (Å²) in [6.45, 7) is 3.25. The first-order valence-electron chi connectivity index (χ1n) is 8.09. The van der Waals surface area contributed by atoms with Crippen molar-refractivity contribution in [3.8, 4) is 0 Å². The van der Waals surface area contributed by atoms with E-state index in [0.717, 1.165) is 23.5 Å². The van der Waals surface area contributed by atoms with Gasteiger partial charge in [0.15, 0.2) is 0 Å². The molecule has 1 atom stereocenters. The summed E-state index contributed by atoms with van der Waals surface area (Å²) in [7, 11) is 0. The molecular weight excluding hydrogens is 320 g/mol. The van der Waals surface area contributed by atoms with Crippen LogP contribution in [0.3, 0.4) is 0 Å². The fourth-order valence-electron chi connectivity index (χ4n) is 3.19. The van der Waals surface area contributed by atoms with E-state index in [1.807, 2.05) is 36.1 Å². The Bertz CT molecular complexity index is 834. The van der Waals surface area contributed by atoms with E-state index in [2.05, 4.69) is 17.4 Å². The van der Waals surface area contributed by atoms with Crippen LogP contribution in [0.4, 0.5) is 5.69 Å². The van der Waals surface area contributed by atoms with Gasteiger partial charge >= 0.3 is 0 Å². The molecule has 2 heterocycles. The van der Waals surface area contributed by atoms with Crippen LogP contribution in [0, 0.1) is 0 Å². The third kappa shape index (κ3) is 2.69. The molecule has 0 aliphatic carbocycles. The minimum atomic E-state index is -0.0994. The number of thioether (sulfide) groups is 1. The molecule has 0 saturated carbocycles. The maximum absolute atomic E-state index is 12.8. The highest BCUT2D eigenvalue weighted by molar-refractivity contribution is 8.00. The number of anilines is 1. The van der Waals surface area contributed by atoms with Gasteiger partial charge in [-0.2, -0.15) is 0 Å². The average molecular weight is 338 g/mol. The number of benzene rings is 2. The van der Waals surface area contributed by atoms with Gasteiger partial charge < -0.3 is 10.2 Å². The number of carbonyl (C=O) groups is 2. The first-order valence-corrected chi connectivity index (χ1v) is 8.97. The molecule has 0 bridgehead atoms. The van der Waals surface area contributed by atoms with E-state index >= 15 is 0 Å². The van der Waals surface area contributed by atoms with E-state index in [4.69, 9.17) is 0 Å². The predicted molar refractivity (Wildman–Crippen MR) is 95.3 cm³/mol. The second-order valence-electron chi connectivity index (χ2n) is 6.21. The van der Waals surface area contributed by atoms with Gasteiger partial charge in [0.1, 0.15) is 0 Å². The minimum Gasteiger partial charge on any atom is -0.334 e. The van der Waals surface area contributed by atoms with E-state index in [0.29, 0.717) is 12.1 Å². The summed E-state index contributed by atoms with van der Waals surface area (Å²) in [4.78, 5) is 27.6. The van der Waals surface area contributed by atoms with Crippen molar-refractivity contribution >= 4 is 29.3 Å². The Balaban J connectivity index is 1.58. The van der Waals surface area contributed by atoms with E-state index in [1.165, 1.54) is 22.9 Å². The second-order valence-corrected chi connectivity index (χ2v) is 7.59. The van der Waals surface area contributed by atoms with Crippen LogP contribution >= 0.6 is 11.8 Å². The minimum absolute atomic E-state index is 0.0102. The maximum atomic E-state index is 12.8. The van der Waals surface area contributed by atoms with Crippen molar-refractivity contribution in [3.05, 3.63) is 59.2 Å².